The standard InChI is InChI=1S/C25H30Cl2N6O3/c1-14(2)18-19(15(3)7-8-28-18)33-22-16(13-17(26)20(27)29-22)21(30-23(33)34)31-9-11-32(12-10-31)24(35)36-25(4,5)6/h7-8,13-14H,9-12H2,1-6H3. The Balaban J connectivity index is 1.81. The van der Waals surface area contributed by atoms with E-state index in [0.29, 0.717) is 48.7 Å². The quantitative estimate of drug-likeness (QED) is 0.439. The Hall–Kier alpha value is -2.91. The van der Waals surface area contributed by atoms with Crippen molar-refractivity contribution in [2.75, 3.05) is 31.1 Å². The molecule has 1 aliphatic heterocycles. The maximum absolute atomic E-state index is 13.5. The molecule has 1 saturated heterocycles. The summed E-state index contributed by atoms with van der Waals surface area (Å²) in [6, 6.07) is 3.53. The van der Waals surface area contributed by atoms with Crippen LogP contribution in [0.15, 0.2) is 23.1 Å². The normalized spacial score (nSPS) is 14.6. The Bertz CT molecular complexity index is 1370. The molecule has 0 saturated carbocycles. The first-order valence-corrected chi connectivity index (χ1v) is 12.6. The van der Waals surface area contributed by atoms with Gasteiger partial charge in [0, 0.05) is 32.4 Å². The van der Waals surface area contributed by atoms with E-state index in [0.717, 1.165) is 11.3 Å². The van der Waals surface area contributed by atoms with Gasteiger partial charge in [-0.1, -0.05) is 37.0 Å². The zero-order valence-electron chi connectivity index (χ0n) is 21.3. The Kier molecular flexibility index (Phi) is 7.16. The highest BCUT2D eigenvalue weighted by molar-refractivity contribution is 6.41. The number of anilines is 1. The van der Waals surface area contributed by atoms with Crippen LogP contribution in [0.5, 0.6) is 0 Å². The van der Waals surface area contributed by atoms with Gasteiger partial charge in [-0.2, -0.15) is 4.98 Å². The Morgan fingerprint density at radius 3 is 2.39 bits per heavy atom. The van der Waals surface area contributed by atoms with Gasteiger partial charge in [0.2, 0.25) is 0 Å². The van der Waals surface area contributed by atoms with E-state index in [-0.39, 0.29) is 22.2 Å². The van der Waals surface area contributed by atoms with Gasteiger partial charge in [-0.15, -0.1) is 0 Å². The number of halogens is 2. The molecule has 1 aliphatic rings. The van der Waals surface area contributed by atoms with E-state index in [1.54, 1.807) is 17.2 Å². The fraction of sp³-hybridized carbons (Fsp3) is 0.480. The maximum atomic E-state index is 13.5. The Labute approximate surface area is 220 Å². The number of aryl methyl sites for hydroxylation is 1. The van der Waals surface area contributed by atoms with Crippen LogP contribution < -0.4 is 10.6 Å². The lowest BCUT2D eigenvalue weighted by molar-refractivity contribution is 0.0240. The largest absolute Gasteiger partial charge is 0.444 e. The summed E-state index contributed by atoms with van der Waals surface area (Å²) in [4.78, 5) is 43.2. The van der Waals surface area contributed by atoms with E-state index < -0.39 is 11.3 Å². The van der Waals surface area contributed by atoms with Crippen LogP contribution in [0.3, 0.4) is 0 Å². The van der Waals surface area contributed by atoms with Crippen LogP contribution >= 0.6 is 23.2 Å². The number of amides is 1. The number of pyridine rings is 2. The molecule has 4 heterocycles. The highest BCUT2D eigenvalue weighted by Gasteiger charge is 2.29. The van der Waals surface area contributed by atoms with Crippen molar-refractivity contribution >= 4 is 46.1 Å². The summed E-state index contributed by atoms with van der Waals surface area (Å²) in [6.45, 7) is 13.2. The summed E-state index contributed by atoms with van der Waals surface area (Å²) in [5.41, 5.74) is 1.56. The summed E-state index contributed by atoms with van der Waals surface area (Å²) in [7, 11) is 0. The average molecular weight is 533 g/mol. The van der Waals surface area contributed by atoms with Crippen molar-refractivity contribution in [2.45, 2.75) is 53.1 Å². The molecule has 9 nitrogen and oxygen atoms in total. The van der Waals surface area contributed by atoms with Gasteiger partial charge in [-0.05, 0) is 51.3 Å². The number of fused-ring (bicyclic) bond motifs is 1. The number of carbonyl (C=O) groups excluding carboxylic acids is 1. The second-order valence-electron chi connectivity index (χ2n) is 10.2. The molecule has 0 spiro atoms. The molecular weight excluding hydrogens is 503 g/mol. The zero-order valence-corrected chi connectivity index (χ0v) is 22.8. The van der Waals surface area contributed by atoms with Gasteiger partial charge in [-0.3, -0.25) is 4.98 Å². The predicted octanol–water partition coefficient (Wildman–Crippen LogP) is 4.97. The third kappa shape index (κ3) is 5.13. The van der Waals surface area contributed by atoms with Crippen molar-refractivity contribution in [1.82, 2.24) is 24.4 Å². The number of hydrogen-bond donors (Lipinski definition) is 0. The van der Waals surface area contributed by atoms with Crippen LogP contribution in [0, 0.1) is 6.92 Å². The number of piperazine rings is 1. The van der Waals surface area contributed by atoms with Gasteiger partial charge in [0.15, 0.2) is 5.65 Å². The van der Waals surface area contributed by atoms with E-state index in [9.17, 15) is 9.59 Å². The van der Waals surface area contributed by atoms with Crippen LogP contribution in [0.2, 0.25) is 10.2 Å². The van der Waals surface area contributed by atoms with Gasteiger partial charge in [-0.25, -0.2) is 19.1 Å². The molecule has 1 fully saturated rings. The molecule has 0 atom stereocenters. The van der Waals surface area contributed by atoms with Crippen LogP contribution in [0.1, 0.15) is 51.8 Å². The molecule has 1 amide bonds. The van der Waals surface area contributed by atoms with E-state index in [1.165, 1.54) is 4.57 Å². The zero-order chi connectivity index (χ0) is 26.4. The SMILES string of the molecule is Cc1ccnc(C(C)C)c1-n1c(=O)nc(N2CCN(C(=O)OC(C)(C)C)CC2)c2cc(Cl)c(Cl)nc21. The second kappa shape index (κ2) is 9.86. The fourth-order valence-electron chi connectivity index (χ4n) is 4.24. The first-order chi connectivity index (χ1) is 16.9. The molecule has 0 unspecified atom stereocenters. The van der Waals surface area contributed by atoms with E-state index >= 15 is 0 Å². The number of nitrogens with zero attached hydrogens (tertiary/aromatic N) is 6. The van der Waals surface area contributed by atoms with Crippen LogP contribution in [0.25, 0.3) is 16.7 Å². The minimum absolute atomic E-state index is 0.0604. The van der Waals surface area contributed by atoms with Gasteiger partial charge >= 0.3 is 11.8 Å². The summed E-state index contributed by atoms with van der Waals surface area (Å²) >= 11 is 12.7. The summed E-state index contributed by atoms with van der Waals surface area (Å²) in [6.07, 6.45) is 1.37. The number of hydrogen-bond acceptors (Lipinski definition) is 7. The molecule has 11 heteroatoms. The van der Waals surface area contributed by atoms with Crippen molar-refractivity contribution in [2.24, 2.45) is 0 Å². The van der Waals surface area contributed by atoms with Gasteiger partial charge < -0.3 is 14.5 Å². The number of carbonyl (C=O) groups is 1. The minimum Gasteiger partial charge on any atom is -0.444 e. The van der Waals surface area contributed by atoms with Crippen molar-refractivity contribution in [3.63, 3.8) is 0 Å². The van der Waals surface area contributed by atoms with E-state index in [4.69, 9.17) is 27.9 Å². The third-order valence-electron chi connectivity index (χ3n) is 5.91. The fourth-order valence-corrected chi connectivity index (χ4v) is 4.52. The molecule has 3 aromatic rings. The van der Waals surface area contributed by atoms with Gasteiger partial charge in [0.05, 0.1) is 21.8 Å². The molecule has 0 radical (unpaired) electrons. The summed E-state index contributed by atoms with van der Waals surface area (Å²) in [5, 5.41) is 0.946. The van der Waals surface area contributed by atoms with Crippen molar-refractivity contribution in [3.05, 3.63) is 50.2 Å². The number of rotatable bonds is 3. The highest BCUT2D eigenvalue weighted by Crippen LogP contribution is 2.32. The first-order valence-electron chi connectivity index (χ1n) is 11.8. The van der Waals surface area contributed by atoms with Gasteiger partial charge in [0.25, 0.3) is 0 Å². The topological polar surface area (TPSA) is 93.5 Å². The highest BCUT2D eigenvalue weighted by atomic mass is 35.5. The minimum atomic E-state index is -0.572. The molecule has 0 N–H and O–H groups in total. The molecule has 0 bridgehead atoms. The number of ether oxygens (including phenoxy) is 1. The Morgan fingerprint density at radius 1 is 1.11 bits per heavy atom. The predicted molar refractivity (Wildman–Crippen MR) is 142 cm³/mol. The summed E-state index contributed by atoms with van der Waals surface area (Å²) < 4.78 is 6.96. The smallest absolute Gasteiger partial charge is 0.410 e. The van der Waals surface area contributed by atoms with Crippen LogP contribution in [0.4, 0.5) is 10.6 Å². The van der Waals surface area contributed by atoms with Crippen molar-refractivity contribution < 1.29 is 9.53 Å². The van der Waals surface area contributed by atoms with E-state index in [2.05, 4.69) is 15.0 Å². The van der Waals surface area contributed by atoms with Crippen molar-refractivity contribution in [1.29, 1.82) is 0 Å². The maximum Gasteiger partial charge on any atom is 0.410 e. The monoisotopic (exact) mass is 532 g/mol. The van der Waals surface area contributed by atoms with Crippen LogP contribution in [-0.2, 0) is 4.74 Å². The molecular formula is C25H30Cl2N6O3. The van der Waals surface area contributed by atoms with Gasteiger partial charge in [0.1, 0.15) is 16.6 Å². The number of aromatic nitrogens is 4. The lowest BCUT2D eigenvalue weighted by Gasteiger charge is -2.36. The second-order valence-corrected chi connectivity index (χ2v) is 10.9. The Morgan fingerprint density at radius 2 is 1.78 bits per heavy atom. The molecule has 3 aromatic heterocycles. The van der Waals surface area contributed by atoms with Crippen molar-refractivity contribution in [3.8, 4) is 5.69 Å². The molecule has 192 valence electrons. The average Bonchev–Trinajstić information content (AvgIpc) is 2.79. The molecule has 0 aliphatic carbocycles. The molecule has 0 aromatic carbocycles. The molecule has 4 rings (SSSR count). The lowest BCUT2D eigenvalue weighted by Crippen LogP contribution is -2.50. The third-order valence-corrected chi connectivity index (χ3v) is 6.59. The van der Waals surface area contributed by atoms with E-state index in [1.807, 2.05) is 52.5 Å². The van der Waals surface area contributed by atoms with Crippen LogP contribution in [-0.4, -0.2) is 62.3 Å². The molecule has 36 heavy (non-hydrogen) atoms. The lowest BCUT2D eigenvalue weighted by atomic mass is 10.0. The summed E-state index contributed by atoms with van der Waals surface area (Å²) in [5.74, 6) is 0.513. The first kappa shape index (κ1) is 26.2.